The molecule has 2 rings (SSSR count). The second-order valence-corrected chi connectivity index (χ2v) is 6.03. The highest BCUT2D eigenvalue weighted by Gasteiger charge is 2.39. The second kappa shape index (κ2) is 8.63. The summed E-state index contributed by atoms with van der Waals surface area (Å²) in [5, 5.41) is 14.1. The number of hydrogen-bond donors (Lipinski definition) is 1. The lowest BCUT2D eigenvalue weighted by atomic mass is 9.82. The first kappa shape index (κ1) is 20.4. The van der Waals surface area contributed by atoms with Crippen molar-refractivity contribution < 1.29 is 24.0 Å². The maximum Gasteiger partial charge on any atom is 0.336 e. The summed E-state index contributed by atoms with van der Waals surface area (Å²) in [7, 11) is 1.21. The number of methoxy groups -OCH3 is 1. The van der Waals surface area contributed by atoms with Gasteiger partial charge in [0.15, 0.2) is 0 Å². The SMILES string of the molecule is COC(=O)C1=C(C)NC(C)=C(C(=O)OCCCl)C1c1cc([N+](=O)[O-])ccn1. The highest BCUT2D eigenvalue weighted by molar-refractivity contribution is 6.18. The van der Waals surface area contributed by atoms with Crippen molar-refractivity contribution in [2.45, 2.75) is 19.8 Å². The van der Waals surface area contributed by atoms with Gasteiger partial charge in [-0.1, -0.05) is 0 Å². The van der Waals surface area contributed by atoms with E-state index in [9.17, 15) is 19.7 Å². The zero-order valence-corrected chi connectivity index (χ0v) is 15.7. The number of pyridine rings is 1. The van der Waals surface area contributed by atoms with E-state index in [0.717, 1.165) is 0 Å². The van der Waals surface area contributed by atoms with Gasteiger partial charge in [-0.05, 0) is 13.8 Å². The number of dihydropyridines is 1. The van der Waals surface area contributed by atoms with E-state index in [2.05, 4.69) is 10.3 Å². The zero-order valence-electron chi connectivity index (χ0n) is 14.9. The number of hydrogen-bond acceptors (Lipinski definition) is 8. The number of aromatic nitrogens is 1. The van der Waals surface area contributed by atoms with Crippen molar-refractivity contribution in [2.24, 2.45) is 0 Å². The van der Waals surface area contributed by atoms with E-state index in [0.29, 0.717) is 11.4 Å². The van der Waals surface area contributed by atoms with Crippen molar-refractivity contribution >= 4 is 29.2 Å². The van der Waals surface area contributed by atoms with Gasteiger partial charge in [0, 0.05) is 29.7 Å². The minimum Gasteiger partial charge on any atom is -0.466 e. The van der Waals surface area contributed by atoms with Gasteiger partial charge in [-0.3, -0.25) is 15.1 Å². The summed E-state index contributed by atoms with van der Waals surface area (Å²) in [4.78, 5) is 39.7. The average molecular weight is 396 g/mol. The normalized spacial score (nSPS) is 16.7. The van der Waals surface area contributed by atoms with Crippen molar-refractivity contribution in [1.82, 2.24) is 10.3 Å². The summed E-state index contributed by atoms with van der Waals surface area (Å²) in [5.74, 6) is -2.27. The first-order valence-corrected chi connectivity index (χ1v) is 8.45. The Morgan fingerprint density at radius 2 is 1.93 bits per heavy atom. The molecule has 0 saturated carbocycles. The zero-order chi connectivity index (χ0) is 20.1. The van der Waals surface area contributed by atoms with Gasteiger partial charge < -0.3 is 14.8 Å². The Hall–Kier alpha value is -2.94. The first-order valence-electron chi connectivity index (χ1n) is 7.92. The molecule has 9 nitrogen and oxygen atoms in total. The fourth-order valence-electron chi connectivity index (χ4n) is 2.86. The number of halogens is 1. The summed E-state index contributed by atoms with van der Waals surface area (Å²) >= 11 is 5.58. The summed E-state index contributed by atoms with van der Waals surface area (Å²) < 4.78 is 9.96. The molecule has 1 N–H and O–H groups in total. The van der Waals surface area contributed by atoms with Gasteiger partial charge in [-0.25, -0.2) is 9.59 Å². The molecular formula is C17H18ClN3O6. The van der Waals surface area contributed by atoms with Crippen LogP contribution in [0.1, 0.15) is 25.5 Å². The molecule has 1 unspecified atom stereocenters. The number of nitro groups is 1. The molecule has 1 atom stereocenters. The Kier molecular flexibility index (Phi) is 6.51. The third kappa shape index (κ3) is 4.25. The maximum absolute atomic E-state index is 12.6. The molecule has 27 heavy (non-hydrogen) atoms. The topological polar surface area (TPSA) is 121 Å². The summed E-state index contributed by atoms with van der Waals surface area (Å²) in [6.07, 6.45) is 1.25. The van der Waals surface area contributed by atoms with E-state index in [4.69, 9.17) is 21.1 Å². The molecular weight excluding hydrogens is 378 g/mol. The standard InChI is InChI=1S/C17H18ClN3O6/c1-9-13(16(22)26-3)15(12-8-11(21(24)25)4-6-19-12)14(10(2)20-9)17(23)27-7-5-18/h4,6,8,15,20H,5,7H2,1-3H3. The lowest BCUT2D eigenvalue weighted by Crippen LogP contribution is -2.32. The molecule has 1 aliphatic heterocycles. The first-order chi connectivity index (χ1) is 12.8. The predicted molar refractivity (Wildman–Crippen MR) is 95.9 cm³/mol. The largest absolute Gasteiger partial charge is 0.466 e. The third-order valence-corrected chi connectivity index (χ3v) is 4.12. The van der Waals surface area contributed by atoms with E-state index in [1.807, 2.05) is 0 Å². The van der Waals surface area contributed by atoms with E-state index >= 15 is 0 Å². The lowest BCUT2D eigenvalue weighted by Gasteiger charge is -2.29. The van der Waals surface area contributed by atoms with Crippen LogP contribution in [0.5, 0.6) is 0 Å². The van der Waals surface area contributed by atoms with E-state index in [1.54, 1.807) is 13.8 Å². The molecule has 0 spiro atoms. The number of carbonyl (C=O) groups is 2. The number of carbonyl (C=O) groups excluding carboxylic acids is 2. The highest BCUT2D eigenvalue weighted by Crippen LogP contribution is 2.39. The minimum atomic E-state index is -0.985. The van der Waals surface area contributed by atoms with Crippen LogP contribution in [-0.4, -0.2) is 41.4 Å². The monoisotopic (exact) mass is 395 g/mol. The average Bonchev–Trinajstić information content (AvgIpc) is 2.64. The Morgan fingerprint density at radius 3 is 2.48 bits per heavy atom. The summed E-state index contributed by atoms with van der Waals surface area (Å²) in [5.41, 5.74) is 1.06. The van der Waals surface area contributed by atoms with Gasteiger partial charge in [0.1, 0.15) is 6.61 Å². The van der Waals surface area contributed by atoms with Crippen LogP contribution in [0.2, 0.25) is 0 Å². The van der Waals surface area contributed by atoms with Crippen molar-refractivity contribution in [3.8, 4) is 0 Å². The van der Waals surface area contributed by atoms with E-state index in [-0.39, 0.29) is 35.0 Å². The van der Waals surface area contributed by atoms with Gasteiger partial charge in [0.2, 0.25) is 0 Å². The molecule has 1 aliphatic rings. The van der Waals surface area contributed by atoms with Gasteiger partial charge in [-0.15, -0.1) is 11.6 Å². The molecule has 0 radical (unpaired) electrons. The van der Waals surface area contributed by atoms with Crippen LogP contribution in [0, 0.1) is 10.1 Å². The fraction of sp³-hybridized carbons (Fsp3) is 0.353. The van der Waals surface area contributed by atoms with Gasteiger partial charge in [-0.2, -0.15) is 0 Å². The van der Waals surface area contributed by atoms with Crippen LogP contribution in [0.15, 0.2) is 40.9 Å². The number of allylic oxidation sites excluding steroid dienone is 2. The molecule has 2 heterocycles. The lowest BCUT2D eigenvalue weighted by molar-refractivity contribution is -0.385. The molecule has 144 valence electrons. The van der Waals surface area contributed by atoms with E-state index < -0.39 is 22.8 Å². The quantitative estimate of drug-likeness (QED) is 0.336. The van der Waals surface area contributed by atoms with Crippen LogP contribution in [0.25, 0.3) is 0 Å². The Balaban J connectivity index is 2.65. The van der Waals surface area contributed by atoms with Gasteiger partial charge in [0.05, 0.1) is 40.7 Å². The molecule has 0 amide bonds. The molecule has 10 heteroatoms. The number of rotatable bonds is 6. The van der Waals surface area contributed by atoms with Crippen molar-refractivity contribution in [1.29, 1.82) is 0 Å². The number of ether oxygens (including phenoxy) is 2. The highest BCUT2D eigenvalue weighted by atomic mass is 35.5. The number of esters is 2. The molecule has 1 aromatic rings. The number of alkyl halides is 1. The Morgan fingerprint density at radius 1 is 1.30 bits per heavy atom. The van der Waals surface area contributed by atoms with E-state index in [1.165, 1.54) is 25.4 Å². The fourth-order valence-corrected chi connectivity index (χ4v) is 2.94. The maximum atomic E-state index is 12.6. The summed E-state index contributed by atoms with van der Waals surface area (Å²) in [6, 6.07) is 2.44. The Labute approximate surface area is 160 Å². The van der Waals surface area contributed by atoms with Gasteiger partial charge in [0.25, 0.3) is 5.69 Å². The number of nitrogens with zero attached hydrogens (tertiary/aromatic N) is 2. The number of nitrogens with one attached hydrogen (secondary N) is 1. The Bertz CT molecular complexity index is 849. The molecule has 0 aromatic carbocycles. The van der Waals surface area contributed by atoms with Gasteiger partial charge >= 0.3 is 11.9 Å². The van der Waals surface area contributed by atoms with Crippen LogP contribution in [0.4, 0.5) is 5.69 Å². The van der Waals surface area contributed by atoms with Crippen molar-refractivity contribution in [2.75, 3.05) is 19.6 Å². The molecule has 0 saturated heterocycles. The smallest absolute Gasteiger partial charge is 0.336 e. The van der Waals surface area contributed by atoms with Crippen LogP contribution in [0.3, 0.4) is 0 Å². The van der Waals surface area contributed by atoms with Crippen LogP contribution < -0.4 is 5.32 Å². The molecule has 1 aromatic heterocycles. The van der Waals surface area contributed by atoms with Crippen molar-refractivity contribution in [3.63, 3.8) is 0 Å². The molecule has 0 bridgehead atoms. The molecule has 0 fully saturated rings. The van der Waals surface area contributed by atoms with Crippen molar-refractivity contribution in [3.05, 3.63) is 56.7 Å². The second-order valence-electron chi connectivity index (χ2n) is 5.65. The molecule has 0 aliphatic carbocycles. The third-order valence-electron chi connectivity index (χ3n) is 3.97. The van der Waals surface area contributed by atoms with Crippen LogP contribution >= 0.6 is 11.6 Å². The summed E-state index contributed by atoms with van der Waals surface area (Å²) in [6.45, 7) is 3.25. The predicted octanol–water partition coefficient (Wildman–Crippen LogP) is 2.18. The minimum absolute atomic E-state index is 0.0253. The van der Waals surface area contributed by atoms with Crippen LogP contribution in [-0.2, 0) is 19.1 Å².